The molecule has 132 valence electrons. The van der Waals surface area contributed by atoms with Crippen molar-refractivity contribution in [2.45, 2.75) is 63.7 Å². The van der Waals surface area contributed by atoms with Crippen molar-refractivity contribution in [2.75, 3.05) is 0 Å². The molecular weight excluding hydrogens is 330 g/mol. The zero-order valence-corrected chi connectivity index (χ0v) is 15.0. The molecule has 1 fully saturated rings. The number of carbonyl (C=O) groups excluding carboxylic acids is 2. The lowest BCUT2D eigenvalue weighted by atomic mass is 9.81. The Kier molecular flexibility index (Phi) is 5.56. The summed E-state index contributed by atoms with van der Waals surface area (Å²) >= 11 is 6.30. The van der Waals surface area contributed by atoms with Gasteiger partial charge in [-0.2, -0.15) is 0 Å². The number of carbonyl (C=O) groups is 2. The number of ether oxygens (including phenoxy) is 1. The van der Waals surface area contributed by atoms with Crippen LogP contribution in [0, 0.1) is 0 Å². The maximum Gasteiger partial charge on any atom is 0.408 e. The molecule has 0 heterocycles. The number of aliphatic hydroxyl groups excluding tert-OH is 1. The summed E-state index contributed by atoms with van der Waals surface area (Å²) in [6.45, 7) is 5.25. The SMILES string of the molecule is CC(C)(C)OC(=O)NC1(c2ccccc2Cl)CCCCC(O)C1=O. The fourth-order valence-electron chi connectivity index (χ4n) is 3.01. The summed E-state index contributed by atoms with van der Waals surface area (Å²) in [7, 11) is 0. The van der Waals surface area contributed by atoms with Crippen LogP contribution in [-0.2, 0) is 15.1 Å². The van der Waals surface area contributed by atoms with Gasteiger partial charge >= 0.3 is 6.09 Å². The van der Waals surface area contributed by atoms with Gasteiger partial charge in [-0.3, -0.25) is 4.79 Å². The first-order chi connectivity index (χ1) is 11.2. The number of rotatable bonds is 2. The molecule has 1 aromatic rings. The summed E-state index contributed by atoms with van der Waals surface area (Å²) in [4.78, 5) is 25.3. The molecule has 1 aliphatic rings. The molecule has 1 aliphatic carbocycles. The molecule has 0 radical (unpaired) electrons. The van der Waals surface area contributed by atoms with Crippen molar-refractivity contribution in [3.8, 4) is 0 Å². The van der Waals surface area contributed by atoms with Crippen LogP contribution in [0.25, 0.3) is 0 Å². The van der Waals surface area contributed by atoms with E-state index in [0.717, 1.165) is 0 Å². The molecule has 1 saturated carbocycles. The van der Waals surface area contributed by atoms with Crippen molar-refractivity contribution in [2.24, 2.45) is 0 Å². The average Bonchev–Trinajstić information content (AvgIpc) is 2.60. The third-order valence-corrected chi connectivity index (χ3v) is 4.38. The van der Waals surface area contributed by atoms with Gasteiger partial charge in [-0.25, -0.2) is 4.79 Å². The first-order valence-electron chi connectivity index (χ1n) is 8.14. The Morgan fingerprint density at radius 2 is 2.00 bits per heavy atom. The van der Waals surface area contributed by atoms with Crippen molar-refractivity contribution in [3.63, 3.8) is 0 Å². The summed E-state index contributed by atoms with van der Waals surface area (Å²) in [6, 6.07) is 6.88. The zero-order chi connectivity index (χ0) is 18.0. The van der Waals surface area contributed by atoms with Crippen LogP contribution in [0.15, 0.2) is 24.3 Å². The Morgan fingerprint density at radius 3 is 2.62 bits per heavy atom. The van der Waals surface area contributed by atoms with Crippen LogP contribution in [0.3, 0.4) is 0 Å². The number of aliphatic hydroxyl groups is 1. The molecule has 0 aliphatic heterocycles. The highest BCUT2D eigenvalue weighted by Gasteiger charge is 2.47. The number of nitrogens with one attached hydrogen (secondary N) is 1. The third-order valence-electron chi connectivity index (χ3n) is 4.05. The van der Waals surface area contributed by atoms with E-state index in [0.29, 0.717) is 36.3 Å². The van der Waals surface area contributed by atoms with Crippen molar-refractivity contribution < 1.29 is 19.4 Å². The fraction of sp³-hybridized carbons (Fsp3) is 0.556. The molecule has 24 heavy (non-hydrogen) atoms. The summed E-state index contributed by atoms with van der Waals surface area (Å²) in [5.74, 6) is -0.445. The Hall–Kier alpha value is -1.59. The molecule has 0 saturated heterocycles. The van der Waals surface area contributed by atoms with Gasteiger partial charge in [-0.1, -0.05) is 42.6 Å². The third kappa shape index (κ3) is 4.08. The summed E-state index contributed by atoms with van der Waals surface area (Å²) in [5, 5.41) is 13.3. The Morgan fingerprint density at radius 1 is 1.33 bits per heavy atom. The molecule has 0 aromatic heterocycles. The van der Waals surface area contributed by atoms with Crippen LogP contribution in [0.4, 0.5) is 4.79 Å². The Bertz CT molecular complexity index is 626. The number of hydrogen-bond donors (Lipinski definition) is 2. The van der Waals surface area contributed by atoms with Gasteiger partial charge in [0.1, 0.15) is 17.2 Å². The van der Waals surface area contributed by atoms with Gasteiger partial charge < -0.3 is 15.2 Å². The predicted octanol–water partition coefficient (Wildman–Crippen LogP) is 3.56. The van der Waals surface area contributed by atoms with E-state index >= 15 is 0 Å². The first-order valence-corrected chi connectivity index (χ1v) is 8.52. The molecular formula is C18H24ClNO4. The van der Waals surface area contributed by atoms with Crippen molar-refractivity contribution in [3.05, 3.63) is 34.9 Å². The van der Waals surface area contributed by atoms with E-state index in [1.807, 2.05) is 0 Å². The smallest absolute Gasteiger partial charge is 0.408 e. The number of benzene rings is 1. The summed E-state index contributed by atoms with van der Waals surface area (Å²) in [5.41, 5.74) is -1.59. The van der Waals surface area contributed by atoms with Crippen LogP contribution < -0.4 is 5.32 Å². The lowest BCUT2D eigenvalue weighted by molar-refractivity contribution is -0.134. The van der Waals surface area contributed by atoms with E-state index < -0.39 is 29.1 Å². The van der Waals surface area contributed by atoms with Gasteiger partial charge in [0.05, 0.1) is 0 Å². The van der Waals surface area contributed by atoms with E-state index in [-0.39, 0.29) is 0 Å². The van der Waals surface area contributed by atoms with Crippen LogP contribution >= 0.6 is 11.6 Å². The topological polar surface area (TPSA) is 75.6 Å². The lowest BCUT2D eigenvalue weighted by Crippen LogP contribution is -2.55. The minimum atomic E-state index is -1.38. The van der Waals surface area contributed by atoms with E-state index in [1.54, 1.807) is 45.0 Å². The second kappa shape index (κ2) is 7.11. The van der Waals surface area contributed by atoms with Gasteiger partial charge in [0.25, 0.3) is 0 Å². The standard InChI is InChI=1S/C18H24ClNO4/c1-17(2,3)24-16(23)20-18(12-8-4-5-9-13(12)19)11-7-6-10-14(21)15(18)22/h4-5,8-9,14,21H,6-7,10-11H2,1-3H3,(H,20,23). The molecule has 6 heteroatoms. The van der Waals surface area contributed by atoms with Gasteiger partial charge in [0.15, 0.2) is 5.78 Å². The van der Waals surface area contributed by atoms with Crippen molar-refractivity contribution in [1.82, 2.24) is 5.32 Å². The second-order valence-corrected chi connectivity index (χ2v) is 7.55. The van der Waals surface area contributed by atoms with Crippen molar-refractivity contribution >= 4 is 23.5 Å². The van der Waals surface area contributed by atoms with E-state index in [9.17, 15) is 14.7 Å². The lowest BCUT2D eigenvalue weighted by Gasteiger charge is -2.35. The molecule has 1 aromatic carbocycles. The minimum absolute atomic E-state index is 0.367. The molecule has 0 spiro atoms. The maximum atomic E-state index is 12.9. The highest BCUT2D eigenvalue weighted by molar-refractivity contribution is 6.31. The largest absolute Gasteiger partial charge is 0.444 e. The predicted molar refractivity (Wildman–Crippen MR) is 92.0 cm³/mol. The molecule has 2 atom stereocenters. The Balaban J connectivity index is 2.47. The summed E-state index contributed by atoms with van der Waals surface area (Å²) in [6.07, 6.45) is 0.287. The van der Waals surface area contributed by atoms with Gasteiger partial charge in [0.2, 0.25) is 0 Å². The number of hydrogen-bond acceptors (Lipinski definition) is 4. The van der Waals surface area contributed by atoms with Gasteiger partial charge in [-0.05, 0) is 39.7 Å². The zero-order valence-electron chi connectivity index (χ0n) is 14.3. The highest BCUT2D eigenvalue weighted by atomic mass is 35.5. The van der Waals surface area contributed by atoms with E-state index in [4.69, 9.17) is 16.3 Å². The number of halogens is 1. The molecule has 2 rings (SSSR count). The normalized spacial score (nSPS) is 25.0. The number of alkyl carbamates (subject to hydrolysis) is 1. The quantitative estimate of drug-likeness (QED) is 0.797. The number of ketones is 1. The number of Topliss-reactive ketones (excluding diaryl/α,β-unsaturated/α-hetero) is 1. The average molecular weight is 354 g/mol. The van der Waals surface area contributed by atoms with Gasteiger partial charge in [0, 0.05) is 10.6 Å². The highest BCUT2D eigenvalue weighted by Crippen LogP contribution is 2.37. The fourth-order valence-corrected chi connectivity index (χ4v) is 3.31. The minimum Gasteiger partial charge on any atom is -0.444 e. The molecule has 2 unspecified atom stereocenters. The molecule has 2 N–H and O–H groups in total. The van der Waals surface area contributed by atoms with E-state index in [1.165, 1.54) is 0 Å². The van der Waals surface area contributed by atoms with Crippen LogP contribution in [-0.4, -0.2) is 28.7 Å². The van der Waals surface area contributed by atoms with Gasteiger partial charge in [-0.15, -0.1) is 0 Å². The Labute approximate surface area is 147 Å². The van der Waals surface area contributed by atoms with Crippen LogP contribution in [0.2, 0.25) is 5.02 Å². The molecule has 5 nitrogen and oxygen atoms in total. The van der Waals surface area contributed by atoms with Crippen molar-refractivity contribution in [1.29, 1.82) is 0 Å². The maximum absolute atomic E-state index is 12.9. The monoisotopic (exact) mass is 353 g/mol. The molecule has 0 bridgehead atoms. The summed E-state index contributed by atoms with van der Waals surface area (Å²) < 4.78 is 5.32. The van der Waals surface area contributed by atoms with Crippen LogP contribution in [0.1, 0.15) is 52.0 Å². The number of amides is 1. The first kappa shape index (κ1) is 18.7. The second-order valence-electron chi connectivity index (χ2n) is 7.14. The van der Waals surface area contributed by atoms with Crippen LogP contribution in [0.5, 0.6) is 0 Å². The molecule has 1 amide bonds. The van der Waals surface area contributed by atoms with E-state index in [2.05, 4.69) is 5.32 Å².